The van der Waals surface area contributed by atoms with Gasteiger partial charge in [0.2, 0.25) is 5.91 Å². The molecule has 4 N–H and O–H groups in total. The number of hydrogen-bond acceptors (Lipinski definition) is 4. The fourth-order valence-corrected chi connectivity index (χ4v) is 2.42. The van der Waals surface area contributed by atoms with Crippen LogP contribution in [0.15, 0.2) is 30.3 Å². The Balaban J connectivity index is 1.91. The molecule has 0 radical (unpaired) electrons. The third-order valence-corrected chi connectivity index (χ3v) is 3.64. The van der Waals surface area contributed by atoms with Crippen LogP contribution in [-0.4, -0.2) is 42.3 Å². The van der Waals surface area contributed by atoms with E-state index < -0.39 is 18.0 Å². The molecule has 0 aliphatic carbocycles. The normalized spacial score (nSPS) is 22.7. The van der Waals surface area contributed by atoms with E-state index in [4.69, 9.17) is 10.5 Å². The number of nitrogens with two attached hydrogens (primary N) is 1. The SMILES string of the molecule is NCC1CCC(C(=O)NCC(C(=O)O)c2ccccc2)O1. The molecule has 6 nitrogen and oxygen atoms in total. The van der Waals surface area contributed by atoms with Gasteiger partial charge in [0.1, 0.15) is 6.10 Å². The second-order valence-corrected chi connectivity index (χ2v) is 5.11. The number of benzene rings is 1. The predicted molar refractivity (Wildman–Crippen MR) is 76.8 cm³/mol. The van der Waals surface area contributed by atoms with Crippen molar-refractivity contribution in [1.82, 2.24) is 5.32 Å². The van der Waals surface area contributed by atoms with Crippen LogP contribution in [0.2, 0.25) is 0 Å². The Bertz CT molecular complexity index is 492. The number of nitrogens with one attached hydrogen (secondary N) is 1. The van der Waals surface area contributed by atoms with Gasteiger partial charge in [0.15, 0.2) is 0 Å². The van der Waals surface area contributed by atoms with Crippen molar-refractivity contribution < 1.29 is 19.4 Å². The molecule has 2 rings (SSSR count). The van der Waals surface area contributed by atoms with Gasteiger partial charge in [0, 0.05) is 13.1 Å². The zero-order valence-electron chi connectivity index (χ0n) is 11.7. The molecule has 1 fully saturated rings. The number of carbonyl (C=O) groups is 2. The van der Waals surface area contributed by atoms with Crippen molar-refractivity contribution in [1.29, 1.82) is 0 Å². The fourth-order valence-electron chi connectivity index (χ4n) is 2.42. The number of carbonyl (C=O) groups excluding carboxylic acids is 1. The summed E-state index contributed by atoms with van der Waals surface area (Å²) in [5.41, 5.74) is 6.16. The maximum absolute atomic E-state index is 12.0. The van der Waals surface area contributed by atoms with Gasteiger partial charge < -0.3 is 20.9 Å². The summed E-state index contributed by atoms with van der Waals surface area (Å²) in [4.78, 5) is 23.3. The van der Waals surface area contributed by atoms with E-state index in [9.17, 15) is 14.7 Å². The van der Waals surface area contributed by atoms with E-state index in [0.717, 1.165) is 6.42 Å². The van der Waals surface area contributed by atoms with Gasteiger partial charge in [0.25, 0.3) is 0 Å². The Hall–Kier alpha value is -1.92. The van der Waals surface area contributed by atoms with Crippen molar-refractivity contribution in [2.24, 2.45) is 5.73 Å². The second kappa shape index (κ2) is 7.19. The lowest BCUT2D eigenvalue weighted by molar-refractivity contribution is -0.139. The zero-order chi connectivity index (χ0) is 15.2. The molecule has 3 atom stereocenters. The summed E-state index contributed by atoms with van der Waals surface area (Å²) >= 11 is 0. The van der Waals surface area contributed by atoms with Crippen molar-refractivity contribution >= 4 is 11.9 Å². The number of hydrogen-bond donors (Lipinski definition) is 3. The Kier molecular flexibility index (Phi) is 5.30. The average molecular weight is 292 g/mol. The minimum absolute atomic E-state index is 0.0470. The molecule has 1 aliphatic heterocycles. The quantitative estimate of drug-likeness (QED) is 0.707. The molecule has 1 aromatic carbocycles. The Morgan fingerprint density at radius 2 is 2.05 bits per heavy atom. The van der Waals surface area contributed by atoms with Crippen LogP contribution in [0, 0.1) is 0 Å². The van der Waals surface area contributed by atoms with E-state index in [1.807, 2.05) is 6.07 Å². The highest BCUT2D eigenvalue weighted by atomic mass is 16.5. The van der Waals surface area contributed by atoms with Crippen LogP contribution in [0.5, 0.6) is 0 Å². The molecule has 1 aliphatic rings. The molecular formula is C15H20N2O4. The molecule has 21 heavy (non-hydrogen) atoms. The molecule has 6 heteroatoms. The first-order chi connectivity index (χ1) is 10.1. The topological polar surface area (TPSA) is 102 Å². The maximum Gasteiger partial charge on any atom is 0.312 e. The number of ether oxygens (including phenoxy) is 1. The molecule has 114 valence electrons. The number of carboxylic acids is 1. The van der Waals surface area contributed by atoms with E-state index in [-0.39, 0.29) is 18.6 Å². The van der Waals surface area contributed by atoms with Gasteiger partial charge in [-0.15, -0.1) is 0 Å². The van der Waals surface area contributed by atoms with E-state index in [1.54, 1.807) is 24.3 Å². The first-order valence-electron chi connectivity index (χ1n) is 7.02. The van der Waals surface area contributed by atoms with Gasteiger partial charge in [-0.3, -0.25) is 9.59 Å². The summed E-state index contributed by atoms with van der Waals surface area (Å²) in [5, 5.41) is 11.9. The molecule has 1 saturated heterocycles. The first kappa shape index (κ1) is 15.5. The maximum atomic E-state index is 12.0. The smallest absolute Gasteiger partial charge is 0.312 e. The van der Waals surface area contributed by atoms with E-state index in [1.165, 1.54) is 0 Å². The van der Waals surface area contributed by atoms with E-state index >= 15 is 0 Å². The minimum atomic E-state index is -0.964. The van der Waals surface area contributed by atoms with Crippen LogP contribution in [0.4, 0.5) is 0 Å². The molecule has 1 amide bonds. The summed E-state index contributed by atoms with van der Waals surface area (Å²) in [5.74, 6) is -2.00. The average Bonchev–Trinajstić information content (AvgIpc) is 2.97. The third-order valence-electron chi connectivity index (χ3n) is 3.64. The van der Waals surface area contributed by atoms with Gasteiger partial charge in [-0.25, -0.2) is 0 Å². The summed E-state index contributed by atoms with van der Waals surface area (Å²) < 4.78 is 5.49. The van der Waals surface area contributed by atoms with Crippen molar-refractivity contribution in [3.05, 3.63) is 35.9 Å². The highest BCUT2D eigenvalue weighted by molar-refractivity contribution is 5.82. The van der Waals surface area contributed by atoms with Crippen LogP contribution in [0.3, 0.4) is 0 Å². The summed E-state index contributed by atoms with van der Waals surface area (Å²) in [6.45, 7) is 0.441. The number of rotatable bonds is 6. The van der Waals surface area contributed by atoms with Gasteiger partial charge in [0.05, 0.1) is 12.0 Å². The largest absolute Gasteiger partial charge is 0.481 e. The lowest BCUT2D eigenvalue weighted by atomic mass is 9.99. The van der Waals surface area contributed by atoms with Crippen LogP contribution in [-0.2, 0) is 14.3 Å². The molecule has 1 heterocycles. The standard InChI is InChI=1S/C15H20N2O4/c16-8-11-6-7-13(21-11)14(18)17-9-12(15(19)20)10-4-2-1-3-5-10/h1-5,11-13H,6-9,16H2,(H,17,18)(H,19,20). The number of aliphatic carboxylic acids is 1. The van der Waals surface area contributed by atoms with Crippen LogP contribution >= 0.6 is 0 Å². The lowest BCUT2D eigenvalue weighted by Gasteiger charge is -2.16. The molecule has 3 unspecified atom stereocenters. The molecule has 0 aromatic heterocycles. The molecule has 1 aromatic rings. The zero-order valence-corrected chi connectivity index (χ0v) is 11.7. The summed E-state index contributed by atoms with van der Waals surface area (Å²) in [7, 11) is 0. The van der Waals surface area contributed by atoms with Gasteiger partial charge in [-0.2, -0.15) is 0 Å². The van der Waals surface area contributed by atoms with Gasteiger partial charge in [-0.05, 0) is 18.4 Å². The second-order valence-electron chi connectivity index (χ2n) is 5.11. The summed E-state index contributed by atoms with van der Waals surface area (Å²) in [6.07, 6.45) is 0.778. The molecule has 0 bridgehead atoms. The molecule has 0 saturated carbocycles. The Morgan fingerprint density at radius 1 is 1.33 bits per heavy atom. The van der Waals surface area contributed by atoms with Crippen molar-refractivity contribution in [2.45, 2.75) is 31.0 Å². The van der Waals surface area contributed by atoms with Crippen molar-refractivity contribution in [3.8, 4) is 0 Å². The van der Waals surface area contributed by atoms with E-state index in [2.05, 4.69) is 5.32 Å². The van der Waals surface area contributed by atoms with E-state index in [0.29, 0.717) is 18.5 Å². The molecular weight excluding hydrogens is 272 g/mol. The summed E-state index contributed by atoms with van der Waals surface area (Å²) in [6, 6.07) is 8.85. The fraction of sp³-hybridized carbons (Fsp3) is 0.467. The van der Waals surface area contributed by atoms with Crippen LogP contribution in [0.1, 0.15) is 24.3 Å². The molecule has 0 spiro atoms. The van der Waals surface area contributed by atoms with Gasteiger partial charge >= 0.3 is 5.97 Å². The number of carboxylic acid groups (broad SMARTS) is 1. The predicted octanol–water partition coefficient (Wildman–Crippen LogP) is 0.477. The first-order valence-corrected chi connectivity index (χ1v) is 7.02. The minimum Gasteiger partial charge on any atom is -0.481 e. The lowest BCUT2D eigenvalue weighted by Crippen LogP contribution is -2.39. The van der Waals surface area contributed by atoms with Crippen molar-refractivity contribution in [3.63, 3.8) is 0 Å². The number of amides is 1. The van der Waals surface area contributed by atoms with Crippen LogP contribution in [0.25, 0.3) is 0 Å². The highest BCUT2D eigenvalue weighted by Crippen LogP contribution is 2.19. The monoisotopic (exact) mass is 292 g/mol. The Morgan fingerprint density at radius 3 is 2.62 bits per heavy atom. The van der Waals surface area contributed by atoms with Gasteiger partial charge in [-0.1, -0.05) is 30.3 Å². The van der Waals surface area contributed by atoms with Crippen molar-refractivity contribution in [2.75, 3.05) is 13.1 Å². The van der Waals surface area contributed by atoms with Crippen LogP contribution < -0.4 is 11.1 Å². The highest BCUT2D eigenvalue weighted by Gasteiger charge is 2.30. The Labute approximate surface area is 123 Å². The third kappa shape index (κ3) is 4.03.